The minimum atomic E-state index is -0.507. The Labute approximate surface area is 238 Å². The predicted octanol–water partition coefficient (Wildman–Crippen LogP) is 6.70. The molecule has 2 atom stereocenters. The zero-order chi connectivity index (χ0) is 27.4. The van der Waals surface area contributed by atoms with E-state index >= 15 is 0 Å². The van der Waals surface area contributed by atoms with E-state index in [9.17, 15) is 9.90 Å². The molecular weight excluding hydrogens is 533 g/mol. The number of benzene rings is 3. The summed E-state index contributed by atoms with van der Waals surface area (Å²) in [4.78, 5) is 13.0. The Morgan fingerprint density at radius 1 is 1.05 bits per heavy atom. The number of nitrogens with zero attached hydrogens (tertiary/aromatic N) is 2. The van der Waals surface area contributed by atoms with Crippen molar-refractivity contribution in [1.29, 1.82) is 0 Å². The van der Waals surface area contributed by atoms with Gasteiger partial charge >= 0.3 is 0 Å². The first kappa shape index (κ1) is 27.3. The maximum atomic E-state index is 13.0. The molecule has 8 heteroatoms. The number of hydrogen-bond donors (Lipinski definition) is 2. The first-order chi connectivity index (χ1) is 18.9. The fourth-order valence-electron chi connectivity index (χ4n) is 5.01. The van der Waals surface area contributed by atoms with Crippen molar-refractivity contribution in [1.82, 2.24) is 15.1 Å². The van der Waals surface area contributed by atoms with Gasteiger partial charge < -0.3 is 15.2 Å². The molecule has 1 fully saturated rings. The van der Waals surface area contributed by atoms with Crippen LogP contribution in [-0.2, 0) is 17.8 Å². The summed E-state index contributed by atoms with van der Waals surface area (Å²) >= 11 is 12.7. The van der Waals surface area contributed by atoms with Crippen LogP contribution in [0.15, 0.2) is 72.8 Å². The molecule has 0 aliphatic heterocycles. The summed E-state index contributed by atoms with van der Waals surface area (Å²) in [5.74, 6) is 0.591. The van der Waals surface area contributed by atoms with E-state index in [2.05, 4.69) is 5.32 Å². The molecule has 0 unspecified atom stereocenters. The lowest BCUT2D eigenvalue weighted by molar-refractivity contribution is -0.122. The van der Waals surface area contributed by atoms with Gasteiger partial charge in [0, 0.05) is 10.6 Å². The van der Waals surface area contributed by atoms with Gasteiger partial charge in [-0.1, -0.05) is 66.4 Å². The second-order valence-electron chi connectivity index (χ2n) is 9.93. The highest BCUT2D eigenvalue weighted by molar-refractivity contribution is 6.35. The Balaban J connectivity index is 1.43. The highest BCUT2D eigenvalue weighted by Crippen LogP contribution is 2.34. The number of halogens is 2. The second kappa shape index (κ2) is 12.2. The van der Waals surface area contributed by atoms with E-state index in [4.69, 9.17) is 33.0 Å². The zero-order valence-electron chi connectivity index (χ0n) is 21.7. The number of ether oxygens (including phenoxy) is 1. The van der Waals surface area contributed by atoms with Crippen LogP contribution in [-0.4, -0.2) is 32.9 Å². The predicted molar refractivity (Wildman–Crippen MR) is 155 cm³/mol. The summed E-state index contributed by atoms with van der Waals surface area (Å²) < 4.78 is 7.74. The van der Waals surface area contributed by atoms with Crippen LogP contribution in [0.5, 0.6) is 5.75 Å². The first-order valence-corrected chi connectivity index (χ1v) is 13.9. The van der Waals surface area contributed by atoms with Gasteiger partial charge in [0.05, 0.1) is 40.7 Å². The molecule has 39 heavy (non-hydrogen) atoms. The molecule has 3 aromatic carbocycles. The van der Waals surface area contributed by atoms with E-state index in [1.54, 1.807) is 16.8 Å². The molecule has 0 bridgehead atoms. The Morgan fingerprint density at radius 2 is 1.79 bits per heavy atom. The number of nitrogens with one attached hydrogen (secondary N) is 1. The number of aromatic nitrogens is 2. The number of rotatable bonds is 8. The van der Waals surface area contributed by atoms with E-state index in [0.29, 0.717) is 34.5 Å². The molecule has 1 aliphatic carbocycles. The number of hydrogen-bond acceptors (Lipinski definition) is 4. The SMILES string of the molecule is Cc1c(CC(=O)N[C@@H]2CCCC[C@@H]2O)nn(-c2ccc(Cl)cc2Cl)c1-c1ccc(OCc2ccccc2)cc1. The van der Waals surface area contributed by atoms with E-state index < -0.39 is 6.10 Å². The molecule has 1 heterocycles. The van der Waals surface area contributed by atoms with Crippen LogP contribution in [0.1, 0.15) is 42.5 Å². The van der Waals surface area contributed by atoms with Crippen molar-refractivity contribution in [3.8, 4) is 22.7 Å². The van der Waals surface area contributed by atoms with E-state index in [1.807, 2.05) is 67.6 Å². The molecule has 0 spiro atoms. The van der Waals surface area contributed by atoms with E-state index in [-0.39, 0.29) is 18.4 Å². The fraction of sp³-hybridized carbons (Fsp3) is 0.290. The number of aliphatic hydroxyl groups excluding tert-OH is 1. The molecule has 2 N–H and O–H groups in total. The molecule has 1 aromatic heterocycles. The highest BCUT2D eigenvalue weighted by Gasteiger charge is 2.26. The number of carbonyl (C=O) groups is 1. The Kier molecular flexibility index (Phi) is 8.56. The van der Waals surface area contributed by atoms with Gasteiger partial charge in [-0.15, -0.1) is 0 Å². The van der Waals surface area contributed by atoms with Crippen molar-refractivity contribution in [2.75, 3.05) is 0 Å². The van der Waals surface area contributed by atoms with Gasteiger partial charge in [-0.25, -0.2) is 4.68 Å². The van der Waals surface area contributed by atoms with Gasteiger partial charge in [0.1, 0.15) is 12.4 Å². The smallest absolute Gasteiger partial charge is 0.226 e. The van der Waals surface area contributed by atoms with Gasteiger partial charge in [-0.2, -0.15) is 5.10 Å². The third-order valence-electron chi connectivity index (χ3n) is 7.14. The minimum Gasteiger partial charge on any atom is -0.489 e. The summed E-state index contributed by atoms with van der Waals surface area (Å²) in [6, 6.07) is 22.9. The lowest BCUT2D eigenvalue weighted by Crippen LogP contribution is -2.45. The van der Waals surface area contributed by atoms with Crippen molar-refractivity contribution in [2.45, 2.75) is 57.8 Å². The van der Waals surface area contributed by atoms with Crippen LogP contribution in [0.4, 0.5) is 0 Å². The van der Waals surface area contributed by atoms with Gasteiger partial charge in [0.15, 0.2) is 0 Å². The molecule has 1 aliphatic rings. The number of aliphatic hydroxyl groups is 1. The fourth-order valence-corrected chi connectivity index (χ4v) is 5.50. The van der Waals surface area contributed by atoms with E-state index in [1.165, 1.54) is 0 Å². The van der Waals surface area contributed by atoms with Crippen molar-refractivity contribution in [2.24, 2.45) is 0 Å². The summed E-state index contributed by atoms with van der Waals surface area (Å²) in [6.07, 6.45) is 3.07. The summed E-state index contributed by atoms with van der Waals surface area (Å²) in [5, 5.41) is 19.1. The Bertz CT molecular complexity index is 1440. The quantitative estimate of drug-likeness (QED) is 0.250. The van der Waals surface area contributed by atoms with Crippen LogP contribution < -0.4 is 10.1 Å². The van der Waals surface area contributed by atoms with Crippen LogP contribution in [0, 0.1) is 6.92 Å². The Morgan fingerprint density at radius 3 is 2.51 bits per heavy atom. The molecule has 0 saturated heterocycles. The number of carbonyl (C=O) groups excluding carboxylic acids is 1. The third kappa shape index (κ3) is 6.47. The average molecular weight is 565 g/mol. The van der Waals surface area contributed by atoms with Gasteiger partial charge in [-0.3, -0.25) is 4.79 Å². The standard InChI is InChI=1S/C31H31Cl2N3O3/c1-20-27(18-30(38)34-26-9-5-6-10-29(26)37)35-36(28-16-13-23(32)17-25(28)33)31(20)22-11-14-24(15-12-22)39-19-21-7-3-2-4-8-21/h2-4,7-8,11-17,26,29,37H,5-6,9-10,18-19H2,1H3,(H,34,38)/t26-,29+/m1/s1. The average Bonchev–Trinajstić information content (AvgIpc) is 3.24. The topological polar surface area (TPSA) is 76.4 Å². The summed E-state index contributed by atoms with van der Waals surface area (Å²) in [7, 11) is 0. The van der Waals surface area contributed by atoms with Crippen LogP contribution in [0.25, 0.3) is 16.9 Å². The zero-order valence-corrected chi connectivity index (χ0v) is 23.3. The molecule has 6 nitrogen and oxygen atoms in total. The first-order valence-electron chi connectivity index (χ1n) is 13.2. The third-order valence-corrected chi connectivity index (χ3v) is 7.68. The molecule has 0 radical (unpaired) electrons. The van der Waals surface area contributed by atoms with E-state index in [0.717, 1.165) is 47.4 Å². The Hall–Kier alpha value is -3.32. The molecule has 5 rings (SSSR count). The van der Waals surface area contributed by atoms with Gasteiger partial charge in [0.25, 0.3) is 0 Å². The minimum absolute atomic E-state index is 0.0958. The lowest BCUT2D eigenvalue weighted by Gasteiger charge is -2.28. The van der Waals surface area contributed by atoms with Crippen molar-refractivity contribution < 1.29 is 14.6 Å². The lowest BCUT2D eigenvalue weighted by atomic mass is 9.92. The highest BCUT2D eigenvalue weighted by atomic mass is 35.5. The van der Waals surface area contributed by atoms with Crippen molar-refractivity contribution in [3.05, 3.63) is 99.7 Å². The van der Waals surface area contributed by atoms with Gasteiger partial charge in [-0.05, 0) is 73.4 Å². The molecule has 1 saturated carbocycles. The van der Waals surface area contributed by atoms with Crippen LogP contribution >= 0.6 is 23.2 Å². The van der Waals surface area contributed by atoms with Crippen molar-refractivity contribution in [3.63, 3.8) is 0 Å². The maximum Gasteiger partial charge on any atom is 0.226 e. The normalized spacial score (nSPS) is 17.1. The molecule has 1 amide bonds. The number of amides is 1. The second-order valence-corrected chi connectivity index (χ2v) is 10.8. The van der Waals surface area contributed by atoms with Crippen molar-refractivity contribution >= 4 is 29.1 Å². The van der Waals surface area contributed by atoms with Crippen LogP contribution in [0.3, 0.4) is 0 Å². The molecular formula is C31H31Cl2N3O3. The maximum absolute atomic E-state index is 13.0. The van der Waals surface area contributed by atoms with Gasteiger partial charge in [0.2, 0.25) is 5.91 Å². The monoisotopic (exact) mass is 563 g/mol. The largest absolute Gasteiger partial charge is 0.489 e. The summed E-state index contributed by atoms with van der Waals surface area (Å²) in [6.45, 7) is 2.44. The molecule has 202 valence electrons. The molecule has 4 aromatic rings. The van der Waals surface area contributed by atoms with Crippen LogP contribution in [0.2, 0.25) is 10.0 Å². The summed E-state index contributed by atoms with van der Waals surface area (Å²) in [5.41, 5.74) is 5.01.